The highest BCUT2D eigenvalue weighted by Crippen LogP contribution is 2.33. The number of nitro groups is 1. The van der Waals surface area contributed by atoms with Crippen LogP contribution in [0.25, 0.3) is 0 Å². The summed E-state index contributed by atoms with van der Waals surface area (Å²) in [6.07, 6.45) is 0.346. The number of rotatable bonds is 3. The number of urea groups is 1. The van der Waals surface area contributed by atoms with Gasteiger partial charge in [0.05, 0.1) is 16.0 Å². The van der Waals surface area contributed by atoms with Gasteiger partial charge >= 0.3 is 12.0 Å². The SMILES string of the molecule is CC1(C(=O)O)CCN(C(=O)Nc2cccc([N+](=O)[O-])c2Cl)C1. The number of carbonyl (C=O) groups is 2. The maximum atomic E-state index is 12.2. The summed E-state index contributed by atoms with van der Waals surface area (Å²) in [5, 5.41) is 22.3. The first kappa shape index (κ1) is 16.0. The molecule has 118 valence electrons. The van der Waals surface area contributed by atoms with Crippen molar-refractivity contribution in [2.75, 3.05) is 18.4 Å². The van der Waals surface area contributed by atoms with Crippen LogP contribution < -0.4 is 5.32 Å². The van der Waals surface area contributed by atoms with Gasteiger partial charge in [-0.1, -0.05) is 17.7 Å². The van der Waals surface area contributed by atoms with Gasteiger partial charge in [0.25, 0.3) is 5.69 Å². The fraction of sp³-hybridized carbons (Fsp3) is 0.385. The molecule has 2 amide bonds. The molecule has 1 fully saturated rings. The molecule has 1 saturated heterocycles. The Balaban J connectivity index is 2.13. The summed E-state index contributed by atoms with van der Waals surface area (Å²) >= 11 is 5.89. The number of anilines is 1. The first-order valence-electron chi connectivity index (χ1n) is 6.47. The Morgan fingerprint density at radius 2 is 2.18 bits per heavy atom. The third-order valence-electron chi connectivity index (χ3n) is 3.69. The van der Waals surface area contributed by atoms with Gasteiger partial charge in [-0.25, -0.2) is 4.79 Å². The lowest BCUT2D eigenvalue weighted by atomic mass is 9.90. The summed E-state index contributed by atoms with van der Waals surface area (Å²) in [6, 6.07) is 3.55. The molecule has 0 bridgehead atoms. The minimum absolute atomic E-state index is 0.0702. The van der Waals surface area contributed by atoms with Gasteiger partial charge in [0.1, 0.15) is 5.02 Å². The number of carboxylic acid groups (broad SMARTS) is 1. The normalized spacial score (nSPS) is 20.7. The summed E-state index contributed by atoms with van der Waals surface area (Å²) in [4.78, 5) is 34.8. The molecule has 1 unspecified atom stereocenters. The summed E-state index contributed by atoms with van der Waals surface area (Å²) in [7, 11) is 0. The molecule has 9 heteroatoms. The Morgan fingerprint density at radius 3 is 2.73 bits per heavy atom. The molecule has 1 aliphatic rings. The first-order chi connectivity index (χ1) is 10.2. The molecule has 1 atom stereocenters. The van der Waals surface area contributed by atoms with Crippen LogP contribution in [0.15, 0.2) is 18.2 Å². The van der Waals surface area contributed by atoms with Crippen molar-refractivity contribution in [3.05, 3.63) is 33.3 Å². The Hall–Kier alpha value is -2.35. The molecule has 1 aromatic carbocycles. The average Bonchev–Trinajstić information content (AvgIpc) is 2.85. The second-order valence-electron chi connectivity index (χ2n) is 5.36. The maximum Gasteiger partial charge on any atom is 0.321 e. The van der Waals surface area contributed by atoms with Gasteiger partial charge in [-0.05, 0) is 19.4 Å². The molecule has 1 heterocycles. The lowest BCUT2D eigenvalue weighted by molar-refractivity contribution is -0.384. The number of hydrogen-bond donors (Lipinski definition) is 2. The Labute approximate surface area is 130 Å². The predicted octanol–water partition coefficient (Wildman–Crippen LogP) is 2.58. The molecule has 0 aromatic heterocycles. The predicted molar refractivity (Wildman–Crippen MR) is 79.1 cm³/mol. The van der Waals surface area contributed by atoms with Crippen LogP contribution in [0, 0.1) is 15.5 Å². The summed E-state index contributed by atoms with van der Waals surface area (Å²) < 4.78 is 0. The van der Waals surface area contributed by atoms with E-state index in [9.17, 15) is 19.7 Å². The van der Waals surface area contributed by atoms with E-state index in [1.807, 2.05) is 0 Å². The number of hydrogen-bond acceptors (Lipinski definition) is 4. The Bertz CT molecular complexity index is 651. The molecule has 0 saturated carbocycles. The number of carbonyl (C=O) groups excluding carboxylic acids is 1. The maximum absolute atomic E-state index is 12.2. The number of carboxylic acids is 1. The van der Waals surface area contributed by atoms with E-state index in [4.69, 9.17) is 16.7 Å². The number of amides is 2. The molecule has 22 heavy (non-hydrogen) atoms. The van der Waals surface area contributed by atoms with E-state index in [1.54, 1.807) is 6.92 Å². The second kappa shape index (κ2) is 5.80. The summed E-state index contributed by atoms with van der Waals surface area (Å²) in [5.74, 6) is -0.962. The molecule has 1 aliphatic heterocycles. The smallest absolute Gasteiger partial charge is 0.321 e. The minimum atomic E-state index is -0.982. The molecule has 2 N–H and O–H groups in total. The molecule has 0 spiro atoms. The lowest BCUT2D eigenvalue weighted by Crippen LogP contribution is -2.37. The van der Waals surface area contributed by atoms with Crippen LogP contribution in [0.5, 0.6) is 0 Å². The molecule has 0 radical (unpaired) electrons. The third-order valence-corrected chi connectivity index (χ3v) is 4.09. The third kappa shape index (κ3) is 2.96. The van der Waals surface area contributed by atoms with Crippen LogP contribution >= 0.6 is 11.6 Å². The van der Waals surface area contributed by atoms with Gasteiger partial charge in [-0.15, -0.1) is 0 Å². The fourth-order valence-corrected chi connectivity index (χ4v) is 2.50. The topological polar surface area (TPSA) is 113 Å². The first-order valence-corrected chi connectivity index (χ1v) is 6.84. The van der Waals surface area contributed by atoms with Crippen LogP contribution in [0.3, 0.4) is 0 Å². The van der Waals surface area contributed by atoms with Crippen molar-refractivity contribution in [2.24, 2.45) is 5.41 Å². The summed E-state index contributed by atoms with van der Waals surface area (Å²) in [6.45, 7) is 1.94. The highest BCUT2D eigenvalue weighted by molar-refractivity contribution is 6.35. The van der Waals surface area contributed by atoms with Crippen LogP contribution in [0.2, 0.25) is 5.02 Å². The fourth-order valence-electron chi connectivity index (χ4n) is 2.26. The Kier molecular flexibility index (Phi) is 4.23. The zero-order valence-corrected chi connectivity index (χ0v) is 12.5. The molecule has 2 rings (SSSR count). The summed E-state index contributed by atoms with van der Waals surface area (Å²) in [5.41, 5.74) is -1.18. The van der Waals surface area contributed by atoms with Crippen molar-refractivity contribution in [1.82, 2.24) is 4.90 Å². The molecule has 8 nitrogen and oxygen atoms in total. The highest BCUT2D eigenvalue weighted by Gasteiger charge is 2.42. The highest BCUT2D eigenvalue weighted by atomic mass is 35.5. The zero-order valence-electron chi connectivity index (χ0n) is 11.7. The number of nitro benzene ring substituents is 1. The number of nitrogens with one attached hydrogen (secondary N) is 1. The van der Waals surface area contributed by atoms with Gasteiger partial charge in [0.2, 0.25) is 0 Å². The Morgan fingerprint density at radius 1 is 1.50 bits per heavy atom. The van der Waals surface area contributed by atoms with E-state index in [-0.39, 0.29) is 22.9 Å². The van der Waals surface area contributed by atoms with E-state index in [0.717, 1.165) is 0 Å². The van der Waals surface area contributed by atoms with Crippen molar-refractivity contribution < 1.29 is 19.6 Å². The average molecular weight is 328 g/mol. The van der Waals surface area contributed by atoms with Crippen molar-refractivity contribution in [3.63, 3.8) is 0 Å². The quantitative estimate of drug-likeness (QED) is 0.654. The van der Waals surface area contributed by atoms with Crippen molar-refractivity contribution in [1.29, 1.82) is 0 Å². The van der Waals surface area contributed by atoms with E-state index < -0.39 is 22.3 Å². The lowest BCUT2D eigenvalue weighted by Gasteiger charge is -2.20. The zero-order chi connectivity index (χ0) is 16.5. The number of aliphatic carboxylic acids is 1. The van der Waals surface area contributed by atoms with Gasteiger partial charge in [0, 0.05) is 19.2 Å². The van der Waals surface area contributed by atoms with Crippen LogP contribution in [-0.2, 0) is 4.79 Å². The second-order valence-corrected chi connectivity index (χ2v) is 5.74. The number of nitrogens with zero attached hydrogens (tertiary/aromatic N) is 2. The van der Waals surface area contributed by atoms with Crippen LogP contribution in [-0.4, -0.2) is 40.0 Å². The van der Waals surface area contributed by atoms with E-state index in [2.05, 4.69) is 5.32 Å². The van der Waals surface area contributed by atoms with Gasteiger partial charge < -0.3 is 15.3 Å². The van der Waals surface area contributed by atoms with Crippen molar-refractivity contribution >= 4 is 35.0 Å². The molecule has 0 aliphatic carbocycles. The monoisotopic (exact) mass is 327 g/mol. The number of likely N-dealkylation sites (tertiary alicyclic amines) is 1. The van der Waals surface area contributed by atoms with Crippen molar-refractivity contribution in [2.45, 2.75) is 13.3 Å². The van der Waals surface area contributed by atoms with Gasteiger partial charge in [-0.3, -0.25) is 14.9 Å². The van der Waals surface area contributed by atoms with Crippen LogP contribution in [0.4, 0.5) is 16.2 Å². The standard InChI is InChI=1S/C13H14ClN3O5/c1-13(11(18)19)5-6-16(7-13)12(20)15-8-3-2-4-9(10(8)14)17(21)22/h2-4H,5-7H2,1H3,(H,15,20)(H,18,19). The van der Waals surface area contributed by atoms with Crippen LogP contribution in [0.1, 0.15) is 13.3 Å². The van der Waals surface area contributed by atoms with E-state index >= 15 is 0 Å². The van der Waals surface area contributed by atoms with Crippen molar-refractivity contribution in [3.8, 4) is 0 Å². The number of benzene rings is 1. The van der Waals surface area contributed by atoms with Gasteiger partial charge in [0.15, 0.2) is 0 Å². The molecule has 1 aromatic rings. The molecular weight excluding hydrogens is 314 g/mol. The van der Waals surface area contributed by atoms with E-state index in [0.29, 0.717) is 13.0 Å². The number of halogens is 1. The largest absolute Gasteiger partial charge is 0.481 e. The van der Waals surface area contributed by atoms with Gasteiger partial charge in [-0.2, -0.15) is 0 Å². The minimum Gasteiger partial charge on any atom is -0.481 e. The molecular formula is C13H14ClN3O5. The van der Waals surface area contributed by atoms with E-state index in [1.165, 1.54) is 23.1 Å².